The molecule has 0 bridgehead atoms. The topological polar surface area (TPSA) is 84.5 Å². The lowest BCUT2D eigenvalue weighted by Crippen LogP contribution is -2.45. The molecule has 0 aliphatic carbocycles. The van der Waals surface area contributed by atoms with Crippen molar-refractivity contribution in [3.8, 4) is 0 Å². The Hall–Kier alpha value is -3.06. The minimum atomic E-state index is -1.16. The van der Waals surface area contributed by atoms with E-state index in [2.05, 4.69) is 0 Å². The van der Waals surface area contributed by atoms with Gasteiger partial charge in [0, 0.05) is 25.0 Å². The molecule has 1 N–H and O–H groups in total. The van der Waals surface area contributed by atoms with Crippen LogP contribution in [0.5, 0.6) is 0 Å². The fraction of sp³-hybridized carbons (Fsp3) is 0.348. The second-order valence-corrected chi connectivity index (χ2v) is 8.10. The average Bonchev–Trinajstić information content (AvgIpc) is 3.02. The summed E-state index contributed by atoms with van der Waals surface area (Å²) in [6, 6.07) is 11.6. The van der Waals surface area contributed by atoms with Crippen molar-refractivity contribution >= 4 is 34.5 Å². The number of nitrogens with zero attached hydrogens (tertiary/aromatic N) is 3. The zero-order valence-corrected chi connectivity index (χ0v) is 18.6. The number of carbonyl (C=O) groups is 2. The van der Waals surface area contributed by atoms with Gasteiger partial charge in [0.15, 0.2) is 0 Å². The van der Waals surface area contributed by atoms with Crippen molar-refractivity contribution in [1.29, 1.82) is 0 Å². The predicted octanol–water partition coefficient (Wildman–Crippen LogP) is 4.32. The van der Waals surface area contributed by atoms with Gasteiger partial charge in [-0.25, -0.2) is 9.59 Å². The number of para-hydroxylation sites is 1. The molecule has 31 heavy (non-hydrogen) atoms. The number of hydrogen-bond acceptors (Lipinski definition) is 3. The Balaban J connectivity index is 2.19. The van der Waals surface area contributed by atoms with E-state index in [-0.39, 0.29) is 29.1 Å². The average molecular weight is 444 g/mol. The lowest BCUT2D eigenvalue weighted by Gasteiger charge is -2.28. The highest BCUT2D eigenvalue weighted by atomic mass is 35.5. The fourth-order valence-corrected chi connectivity index (χ4v) is 3.79. The number of aryl methyl sites for hydroxylation is 2. The number of fused-ring (bicyclic) bond motifs is 1. The van der Waals surface area contributed by atoms with Crippen LogP contribution >= 0.6 is 11.6 Å². The maximum absolute atomic E-state index is 13.6. The Bertz CT molecular complexity index is 1180. The Morgan fingerprint density at radius 2 is 1.84 bits per heavy atom. The molecule has 0 atom stereocenters. The molecule has 1 heterocycles. The van der Waals surface area contributed by atoms with E-state index in [0.29, 0.717) is 18.8 Å². The summed E-state index contributed by atoms with van der Waals surface area (Å²) in [7, 11) is 0. The molecule has 1 aromatic heterocycles. The van der Waals surface area contributed by atoms with Crippen LogP contribution in [0.2, 0.25) is 0 Å². The first-order valence-electron chi connectivity index (χ1n) is 10.2. The molecule has 164 valence electrons. The van der Waals surface area contributed by atoms with Crippen LogP contribution in [0.15, 0.2) is 47.3 Å². The molecule has 0 saturated carbocycles. The van der Waals surface area contributed by atoms with Crippen LogP contribution in [0.25, 0.3) is 10.9 Å². The quantitative estimate of drug-likeness (QED) is 0.551. The molecule has 0 unspecified atom stereocenters. The van der Waals surface area contributed by atoms with Gasteiger partial charge in [-0.1, -0.05) is 30.3 Å². The van der Waals surface area contributed by atoms with Crippen molar-refractivity contribution in [2.24, 2.45) is 0 Å². The van der Waals surface area contributed by atoms with Crippen molar-refractivity contribution in [1.82, 2.24) is 14.3 Å². The van der Waals surface area contributed by atoms with E-state index >= 15 is 0 Å². The van der Waals surface area contributed by atoms with Gasteiger partial charge in [-0.05, 0) is 50.5 Å². The second kappa shape index (κ2) is 9.39. The van der Waals surface area contributed by atoms with E-state index in [0.717, 1.165) is 15.8 Å². The number of alkyl halides is 1. The highest BCUT2D eigenvalue weighted by molar-refractivity contribution is 6.17. The summed E-state index contributed by atoms with van der Waals surface area (Å²) >= 11 is 5.87. The van der Waals surface area contributed by atoms with Crippen LogP contribution < -0.4 is 5.56 Å². The number of halogens is 1. The Morgan fingerprint density at radius 3 is 2.45 bits per heavy atom. The normalized spacial score (nSPS) is 11.3. The van der Waals surface area contributed by atoms with E-state index in [9.17, 15) is 19.5 Å². The van der Waals surface area contributed by atoms with E-state index in [1.165, 1.54) is 16.8 Å². The third-order valence-corrected chi connectivity index (χ3v) is 5.61. The zero-order valence-electron chi connectivity index (χ0n) is 17.8. The van der Waals surface area contributed by atoms with Crippen molar-refractivity contribution in [3.63, 3.8) is 0 Å². The van der Waals surface area contributed by atoms with Gasteiger partial charge in [0.05, 0.1) is 16.5 Å². The van der Waals surface area contributed by atoms with Crippen LogP contribution in [0.3, 0.4) is 0 Å². The molecule has 8 heteroatoms. The Kier molecular flexibility index (Phi) is 6.85. The molecule has 0 radical (unpaired) electrons. The lowest BCUT2D eigenvalue weighted by molar-refractivity contribution is 0.0698. The SMILES string of the molecule is Cc1ccccc1CN(C(=O)n1c(=O)c2cccc(C(=O)O)c2n1CCCCl)C(C)C. The fourth-order valence-electron chi connectivity index (χ4n) is 3.67. The summed E-state index contributed by atoms with van der Waals surface area (Å²) in [6.07, 6.45) is 0.478. The standard InChI is InChI=1S/C23H26ClN3O4/c1-15(2)25(14-17-9-5-4-8-16(17)3)23(31)27-21(28)18-10-6-11-19(22(29)30)20(18)26(27)13-7-12-24/h4-6,8-11,15H,7,12-14H2,1-3H3,(H,29,30). The number of benzene rings is 2. The Morgan fingerprint density at radius 1 is 1.13 bits per heavy atom. The van der Waals surface area contributed by atoms with Crippen molar-refractivity contribution in [2.45, 2.75) is 46.3 Å². The first kappa shape index (κ1) is 22.6. The predicted molar refractivity (Wildman–Crippen MR) is 121 cm³/mol. The van der Waals surface area contributed by atoms with Gasteiger partial charge >= 0.3 is 12.0 Å². The highest BCUT2D eigenvalue weighted by Gasteiger charge is 2.27. The number of carbonyl (C=O) groups excluding carboxylic acids is 1. The molecule has 0 fully saturated rings. The van der Waals surface area contributed by atoms with Crippen molar-refractivity contribution < 1.29 is 14.7 Å². The monoisotopic (exact) mass is 443 g/mol. The van der Waals surface area contributed by atoms with Crippen LogP contribution in [-0.4, -0.2) is 43.3 Å². The lowest BCUT2D eigenvalue weighted by atomic mass is 10.1. The van der Waals surface area contributed by atoms with Crippen LogP contribution in [-0.2, 0) is 13.1 Å². The largest absolute Gasteiger partial charge is 0.478 e. The highest BCUT2D eigenvalue weighted by Crippen LogP contribution is 2.20. The first-order chi connectivity index (χ1) is 14.8. The molecule has 7 nitrogen and oxygen atoms in total. The zero-order chi connectivity index (χ0) is 22.7. The van der Waals surface area contributed by atoms with Gasteiger partial charge < -0.3 is 10.0 Å². The summed E-state index contributed by atoms with van der Waals surface area (Å²) in [4.78, 5) is 40.3. The van der Waals surface area contributed by atoms with E-state index in [1.54, 1.807) is 11.0 Å². The van der Waals surface area contributed by atoms with Gasteiger partial charge in [0.25, 0.3) is 5.56 Å². The van der Waals surface area contributed by atoms with Crippen LogP contribution in [0.1, 0.15) is 41.8 Å². The number of carboxylic acids is 1. The third-order valence-electron chi connectivity index (χ3n) is 5.34. The molecular weight excluding hydrogens is 418 g/mol. The summed E-state index contributed by atoms with van der Waals surface area (Å²) in [5, 5.41) is 9.84. The summed E-state index contributed by atoms with van der Waals surface area (Å²) in [6.45, 7) is 6.32. The van der Waals surface area contributed by atoms with Crippen LogP contribution in [0.4, 0.5) is 4.79 Å². The Labute approximate surface area is 185 Å². The number of amides is 1. The van der Waals surface area contributed by atoms with E-state index < -0.39 is 17.6 Å². The number of aromatic carboxylic acids is 1. The molecule has 0 saturated heterocycles. The molecule has 0 aliphatic heterocycles. The number of hydrogen-bond donors (Lipinski definition) is 1. The van der Waals surface area contributed by atoms with Gasteiger partial charge in [-0.15, -0.1) is 11.6 Å². The second-order valence-electron chi connectivity index (χ2n) is 7.72. The molecule has 0 aliphatic rings. The van der Waals surface area contributed by atoms with Gasteiger partial charge in [-0.3, -0.25) is 9.48 Å². The van der Waals surface area contributed by atoms with Gasteiger partial charge in [-0.2, -0.15) is 4.68 Å². The first-order valence-corrected chi connectivity index (χ1v) is 10.7. The van der Waals surface area contributed by atoms with Gasteiger partial charge in [0.2, 0.25) is 0 Å². The molecule has 2 aromatic carbocycles. The van der Waals surface area contributed by atoms with Crippen molar-refractivity contribution in [2.75, 3.05) is 5.88 Å². The smallest absolute Gasteiger partial charge is 0.346 e. The minimum Gasteiger partial charge on any atom is -0.478 e. The third kappa shape index (κ3) is 4.37. The number of aromatic nitrogens is 2. The van der Waals surface area contributed by atoms with E-state index in [4.69, 9.17) is 11.6 Å². The molecular formula is C23H26ClN3O4. The van der Waals surface area contributed by atoms with Crippen LogP contribution in [0, 0.1) is 6.92 Å². The summed E-state index contributed by atoms with van der Waals surface area (Å²) in [5.41, 5.74) is 1.70. The maximum atomic E-state index is 13.6. The minimum absolute atomic E-state index is 0.0225. The van der Waals surface area contributed by atoms with Crippen molar-refractivity contribution in [3.05, 3.63) is 69.5 Å². The summed E-state index contributed by atoms with van der Waals surface area (Å²) < 4.78 is 2.51. The molecule has 3 rings (SSSR count). The molecule has 3 aromatic rings. The number of carboxylic acid groups (broad SMARTS) is 1. The molecule has 0 spiro atoms. The number of rotatable bonds is 7. The maximum Gasteiger partial charge on any atom is 0.346 e. The summed E-state index contributed by atoms with van der Waals surface area (Å²) in [5.74, 6) is -0.843. The van der Waals surface area contributed by atoms with E-state index in [1.807, 2.05) is 45.0 Å². The molecule has 1 amide bonds. The van der Waals surface area contributed by atoms with Gasteiger partial charge in [0.1, 0.15) is 0 Å².